The van der Waals surface area contributed by atoms with E-state index in [4.69, 9.17) is 10.5 Å². The van der Waals surface area contributed by atoms with E-state index in [2.05, 4.69) is 42.2 Å². The Morgan fingerprint density at radius 2 is 1.52 bits per heavy atom. The van der Waals surface area contributed by atoms with Crippen molar-refractivity contribution in [1.82, 2.24) is 46.7 Å². The molecule has 97 heavy (non-hydrogen) atoms. The normalized spacial score (nSPS) is 27.3. The van der Waals surface area contributed by atoms with Crippen LogP contribution in [0.3, 0.4) is 0 Å². The standard InChI is InChI=1S/C66H87N11O19S/c1-8-32(4)57-63(93)69-26-53(86)71-45-30-97(95)64-43-19-38(61(91)68-27-54(87)74-57)21-49(82)58(35(7)50(83)29-78)75-62(92)46-23-40(79)28-77(46)66(59(89)37(20-47(45)80)22-51(67)84,96-41-13-14-42(43)44(24-41)72-64)25-36-9-11-39(12-10-36)70-60(90)33(5)17-48(81)56(31(2)3)73-52(85)15-16-76-55(88)18-34(6)65(76)94/h9-14,24,31-35,37-38,40,45-46,50,56-58,72,78-79,83H,8,15-23,25-30H2,1-7H3,(H2,67,84)(H,68,91)(H,69,93)(H,70,90)(H,71,86)(H,73,85)(H,74,87)(H,75,92)/t32-,33+,34?,35-,37-,38+,40?,45?,46-,50-,56-,57-,58-,66?,97+/m0/s1. The Kier molecular flexibility index (Phi) is 24.2. The van der Waals surface area contributed by atoms with Crippen molar-refractivity contribution in [2.45, 2.75) is 166 Å². The number of nitrogens with two attached hydrogens (primary N) is 1. The number of carbonyl (C=O) groups excluding carboxylic acids is 14. The molecule has 13 N–H and O–H groups in total. The molecule has 5 aliphatic rings. The number of aromatic nitrogens is 1. The van der Waals surface area contributed by atoms with Gasteiger partial charge in [0, 0.05) is 105 Å². The van der Waals surface area contributed by atoms with E-state index in [0.29, 0.717) is 6.42 Å². The van der Waals surface area contributed by atoms with Gasteiger partial charge in [-0.15, -0.1) is 0 Å². The third kappa shape index (κ3) is 17.4. The maximum Gasteiger partial charge on any atom is 0.243 e. The average molecular weight is 1370 g/mol. The van der Waals surface area contributed by atoms with Crippen LogP contribution in [-0.2, 0) is 90.8 Å². The number of nitrogens with zero attached hydrogens (tertiary/aromatic N) is 2. The molecule has 0 aliphatic carbocycles. The number of hydrogen-bond acceptors (Lipinski definition) is 20. The first-order valence-corrected chi connectivity index (χ1v) is 34.0. The van der Waals surface area contributed by atoms with Gasteiger partial charge in [-0.2, -0.15) is 0 Å². The molecule has 1 aromatic heterocycles. The molecular weight excluding hydrogens is 1280 g/mol. The summed E-state index contributed by atoms with van der Waals surface area (Å²) in [5.74, 6) is -19.1. The van der Waals surface area contributed by atoms with Crippen LogP contribution in [0.15, 0.2) is 47.5 Å². The van der Waals surface area contributed by atoms with Crippen LogP contribution in [0.5, 0.6) is 5.75 Å². The number of carbonyl (C=O) groups is 14. The van der Waals surface area contributed by atoms with Crippen molar-refractivity contribution in [2.75, 3.05) is 43.9 Å². The maximum absolute atomic E-state index is 16.5. The monoisotopic (exact) mass is 1370 g/mol. The van der Waals surface area contributed by atoms with E-state index in [1.54, 1.807) is 34.6 Å². The fourth-order valence-corrected chi connectivity index (χ4v) is 14.6. The summed E-state index contributed by atoms with van der Waals surface area (Å²) in [7, 11) is -2.38. The first kappa shape index (κ1) is 74.1. The summed E-state index contributed by atoms with van der Waals surface area (Å²) in [6.45, 7) is 8.10. The largest absolute Gasteiger partial charge is 0.465 e. The van der Waals surface area contributed by atoms with Gasteiger partial charge < -0.3 is 68.0 Å². The molecule has 15 atom stereocenters. The van der Waals surface area contributed by atoms with E-state index >= 15 is 23.4 Å². The lowest BCUT2D eigenvalue weighted by Crippen LogP contribution is -2.66. The number of aliphatic hydroxyl groups is 3. The summed E-state index contributed by atoms with van der Waals surface area (Å²) < 4.78 is 22.2. The molecule has 2 saturated heterocycles. The molecular formula is C66H87N11O19S. The van der Waals surface area contributed by atoms with Gasteiger partial charge in [0.25, 0.3) is 0 Å². The van der Waals surface area contributed by atoms with Gasteiger partial charge in [0.1, 0.15) is 16.8 Å². The fraction of sp³-hybridized carbons (Fsp3) is 0.576. The molecule has 6 heterocycles. The summed E-state index contributed by atoms with van der Waals surface area (Å²) in [5, 5.41) is 51.7. The van der Waals surface area contributed by atoms with Crippen LogP contribution < -0.4 is 47.7 Å². The summed E-state index contributed by atoms with van der Waals surface area (Å²) in [4.78, 5) is 203. The first-order chi connectivity index (χ1) is 45.8. The zero-order valence-electron chi connectivity index (χ0n) is 55.2. The Bertz CT molecular complexity index is 3630. The van der Waals surface area contributed by atoms with E-state index in [1.807, 2.05) is 0 Å². The summed E-state index contributed by atoms with van der Waals surface area (Å²) in [6.07, 6.45) is -7.44. The Labute approximate surface area is 561 Å². The predicted octanol–water partition coefficient (Wildman–Crippen LogP) is -1.61. The van der Waals surface area contributed by atoms with Crippen LogP contribution >= 0.6 is 0 Å². The number of amides is 10. The third-order valence-electron chi connectivity index (χ3n) is 19.0. The molecule has 4 unspecified atom stereocenters. The second-order valence-corrected chi connectivity index (χ2v) is 28.0. The molecule has 0 spiro atoms. The summed E-state index contributed by atoms with van der Waals surface area (Å²) >= 11 is 0. The van der Waals surface area contributed by atoms with E-state index < -0.39 is 247 Å². The number of rotatable bonds is 19. The number of Topliss-reactive ketones (excluding diaryl/α,β-unsaturated/α-hetero) is 4. The minimum Gasteiger partial charge on any atom is -0.465 e. The van der Waals surface area contributed by atoms with Crippen LogP contribution in [0.2, 0.25) is 0 Å². The smallest absolute Gasteiger partial charge is 0.243 e. The van der Waals surface area contributed by atoms with Gasteiger partial charge in [-0.1, -0.05) is 67.0 Å². The molecule has 31 heteroatoms. The summed E-state index contributed by atoms with van der Waals surface area (Å²) in [5.41, 5.74) is 3.98. The molecule has 526 valence electrons. The van der Waals surface area contributed by atoms with E-state index in [1.165, 1.54) is 61.2 Å². The highest BCUT2D eigenvalue weighted by Crippen LogP contribution is 2.40. The van der Waals surface area contributed by atoms with E-state index in [-0.39, 0.29) is 70.2 Å². The highest BCUT2D eigenvalue weighted by Gasteiger charge is 2.57. The van der Waals surface area contributed by atoms with Crippen molar-refractivity contribution in [3.63, 3.8) is 0 Å². The Balaban J connectivity index is 1.23. The number of nitrogens with one attached hydrogen (secondary N) is 8. The number of fused-ring (bicyclic) bond motifs is 7. The topological polar surface area (TPSA) is 458 Å². The second-order valence-electron chi connectivity index (χ2n) is 26.6. The molecule has 8 bridgehead atoms. The zero-order valence-corrected chi connectivity index (χ0v) is 56.0. The van der Waals surface area contributed by atoms with Crippen molar-refractivity contribution in [1.29, 1.82) is 0 Å². The van der Waals surface area contributed by atoms with Gasteiger partial charge in [-0.25, -0.2) is 4.90 Å². The molecule has 8 rings (SSSR count). The number of likely N-dealkylation sites (tertiary alicyclic amines) is 1. The molecule has 5 aliphatic heterocycles. The van der Waals surface area contributed by atoms with Crippen molar-refractivity contribution in [2.24, 2.45) is 47.2 Å². The zero-order chi connectivity index (χ0) is 71.1. The van der Waals surface area contributed by atoms with Gasteiger partial charge in [0.2, 0.25) is 64.8 Å². The highest BCUT2D eigenvalue weighted by atomic mass is 32.2. The second kappa shape index (κ2) is 31.7. The Morgan fingerprint density at radius 3 is 2.15 bits per heavy atom. The molecule has 2 fully saturated rings. The lowest BCUT2D eigenvalue weighted by molar-refractivity contribution is -0.166. The van der Waals surface area contributed by atoms with E-state index in [9.17, 15) is 63.3 Å². The van der Waals surface area contributed by atoms with Gasteiger partial charge in [-0.05, 0) is 60.1 Å². The first-order valence-electron chi connectivity index (χ1n) is 32.7. The Morgan fingerprint density at radius 1 is 0.835 bits per heavy atom. The number of anilines is 1. The highest BCUT2D eigenvalue weighted by molar-refractivity contribution is 7.85. The molecule has 3 aromatic rings. The quantitative estimate of drug-likeness (QED) is 0.0601. The number of aliphatic hydroxyl groups excluding tert-OH is 3. The number of imide groups is 1. The molecule has 2 aromatic carbocycles. The van der Waals surface area contributed by atoms with Gasteiger partial charge in [-0.3, -0.25) is 76.2 Å². The van der Waals surface area contributed by atoms with Crippen LogP contribution in [0.4, 0.5) is 5.69 Å². The number of ketones is 4. The van der Waals surface area contributed by atoms with Crippen LogP contribution in [-0.4, -0.2) is 203 Å². The Hall–Kier alpha value is -8.65. The van der Waals surface area contributed by atoms with Gasteiger partial charge >= 0.3 is 0 Å². The van der Waals surface area contributed by atoms with Crippen LogP contribution in [0.25, 0.3) is 10.9 Å². The van der Waals surface area contributed by atoms with E-state index in [0.717, 1.165) is 4.90 Å². The lowest BCUT2D eigenvalue weighted by atomic mass is 9.82. The number of ether oxygens (including phenoxy) is 1. The number of primary amides is 1. The van der Waals surface area contributed by atoms with Crippen molar-refractivity contribution in [3.8, 4) is 5.75 Å². The minimum atomic E-state index is -2.62. The molecule has 10 amide bonds. The lowest BCUT2D eigenvalue weighted by Gasteiger charge is -2.45. The van der Waals surface area contributed by atoms with Gasteiger partial charge in [0.15, 0.2) is 23.1 Å². The molecule has 0 radical (unpaired) electrons. The van der Waals surface area contributed by atoms with Crippen molar-refractivity contribution in [3.05, 3.63) is 53.6 Å². The van der Waals surface area contributed by atoms with Crippen LogP contribution in [0, 0.1) is 41.4 Å². The van der Waals surface area contributed by atoms with Gasteiger partial charge in [0.05, 0.1) is 78.1 Å². The molecule has 30 nitrogen and oxygen atoms in total. The average Bonchev–Trinajstić information content (AvgIpc) is 1.73. The fourth-order valence-electron chi connectivity index (χ4n) is 13.2. The predicted molar refractivity (Wildman–Crippen MR) is 346 cm³/mol. The third-order valence-corrected chi connectivity index (χ3v) is 20.4. The number of aromatic amines is 1. The maximum atomic E-state index is 16.5. The van der Waals surface area contributed by atoms with Crippen molar-refractivity contribution >= 4 is 110 Å². The molecule has 0 saturated carbocycles. The number of H-pyrrole nitrogens is 1. The van der Waals surface area contributed by atoms with Crippen LogP contribution in [0.1, 0.15) is 111 Å². The number of benzene rings is 2. The van der Waals surface area contributed by atoms with Crippen molar-refractivity contribution < 1.29 is 91.4 Å². The summed E-state index contributed by atoms with van der Waals surface area (Å²) in [6, 6.07) is 2.69. The number of hydrogen-bond donors (Lipinski definition) is 12. The minimum absolute atomic E-state index is 0.0366. The SMILES string of the molecule is CC[C@H](C)[C@@H]1NC(=O)CNC(=O)[C@H]2CC(=O)[C@H]([C@@H](C)[C@@H](O)CO)NC(=O)[C@@H]3CC(O)CN3C3(Cc4ccc(NC(=O)[C@H](C)CC(=O)[C@@H](NC(=O)CCN5C(=O)CC(C)C5=O)C(C)C)cc4)Oc4ccc5c(c([nH]c5c4)[S@](=O)CC(NC(=O)CNC1=O)C(=O)C[C@@H](CC(N)=O)C3=O)C2.